The van der Waals surface area contributed by atoms with Crippen LogP contribution in [0.5, 0.6) is 11.5 Å². The molecule has 3 aromatic rings. The second-order valence-electron chi connectivity index (χ2n) is 5.33. The van der Waals surface area contributed by atoms with Crippen LogP contribution in [0.3, 0.4) is 0 Å². The number of hydrogen-bond acceptors (Lipinski definition) is 4. The van der Waals surface area contributed by atoms with Crippen LogP contribution in [-0.4, -0.2) is 20.2 Å². The average molecular weight is 322 g/mol. The van der Waals surface area contributed by atoms with Crippen molar-refractivity contribution < 1.29 is 19.0 Å². The molecule has 3 aromatic carbocycles. The highest BCUT2D eigenvalue weighted by atomic mass is 16.5. The highest BCUT2D eigenvalue weighted by molar-refractivity contribution is 5.99. The maximum atomic E-state index is 11.9. The number of fused-ring (bicyclic) bond motifs is 1. The molecule has 0 bridgehead atoms. The third-order valence-electron chi connectivity index (χ3n) is 3.78. The molecule has 4 heteroatoms. The SMILES string of the molecule is COC(=O)c1cc2cc(OCc3ccccc3)ccc2cc1OC. The lowest BCUT2D eigenvalue weighted by Gasteiger charge is -2.11. The first-order valence-corrected chi connectivity index (χ1v) is 7.58. The van der Waals surface area contributed by atoms with E-state index in [0.29, 0.717) is 17.9 Å². The van der Waals surface area contributed by atoms with E-state index in [9.17, 15) is 4.79 Å². The summed E-state index contributed by atoms with van der Waals surface area (Å²) in [5, 5.41) is 1.85. The molecule has 0 saturated carbocycles. The zero-order valence-corrected chi connectivity index (χ0v) is 13.6. The summed E-state index contributed by atoms with van der Waals surface area (Å²) < 4.78 is 15.9. The van der Waals surface area contributed by atoms with Crippen molar-refractivity contribution in [1.82, 2.24) is 0 Å². The standard InChI is InChI=1S/C20H18O4/c1-22-19-12-15-8-9-17(24-13-14-6-4-3-5-7-14)10-16(15)11-18(19)20(21)23-2/h3-12H,13H2,1-2H3. The molecule has 24 heavy (non-hydrogen) atoms. The van der Waals surface area contributed by atoms with Gasteiger partial charge in [-0.25, -0.2) is 4.79 Å². The Hall–Kier alpha value is -3.01. The van der Waals surface area contributed by atoms with Crippen LogP contribution in [0.4, 0.5) is 0 Å². The largest absolute Gasteiger partial charge is 0.496 e. The van der Waals surface area contributed by atoms with Gasteiger partial charge in [0.1, 0.15) is 23.7 Å². The highest BCUT2D eigenvalue weighted by Crippen LogP contribution is 2.29. The molecular weight excluding hydrogens is 304 g/mol. The van der Waals surface area contributed by atoms with Gasteiger partial charge in [-0.15, -0.1) is 0 Å². The predicted octanol–water partition coefficient (Wildman–Crippen LogP) is 4.21. The van der Waals surface area contributed by atoms with Crippen LogP contribution in [0.25, 0.3) is 10.8 Å². The fourth-order valence-corrected chi connectivity index (χ4v) is 2.52. The van der Waals surface area contributed by atoms with Crippen molar-refractivity contribution in [2.24, 2.45) is 0 Å². The van der Waals surface area contributed by atoms with E-state index >= 15 is 0 Å². The average Bonchev–Trinajstić information content (AvgIpc) is 2.65. The molecule has 0 spiro atoms. The molecule has 0 aliphatic rings. The monoisotopic (exact) mass is 322 g/mol. The van der Waals surface area contributed by atoms with E-state index in [-0.39, 0.29) is 0 Å². The summed E-state index contributed by atoms with van der Waals surface area (Å²) in [7, 11) is 2.89. The number of rotatable bonds is 5. The molecule has 0 amide bonds. The van der Waals surface area contributed by atoms with Gasteiger partial charge in [-0.1, -0.05) is 36.4 Å². The topological polar surface area (TPSA) is 44.8 Å². The number of benzene rings is 3. The van der Waals surface area contributed by atoms with Crippen molar-refractivity contribution in [2.45, 2.75) is 6.61 Å². The Balaban J connectivity index is 1.90. The molecule has 122 valence electrons. The molecule has 0 radical (unpaired) electrons. The first-order chi connectivity index (χ1) is 11.7. The van der Waals surface area contributed by atoms with Crippen LogP contribution in [0.1, 0.15) is 15.9 Å². The molecular formula is C20H18O4. The summed E-state index contributed by atoms with van der Waals surface area (Å²) in [6.07, 6.45) is 0. The fraction of sp³-hybridized carbons (Fsp3) is 0.150. The van der Waals surface area contributed by atoms with Crippen molar-refractivity contribution >= 4 is 16.7 Å². The number of ether oxygens (including phenoxy) is 3. The molecule has 0 aromatic heterocycles. The molecule has 4 nitrogen and oxygen atoms in total. The normalized spacial score (nSPS) is 10.4. The summed E-state index contributed by atoms with van der Waals surface area (Å²) >= 11 is 0. The molecule has 3 rings (SSSR count). The van der Waals surface area contributed by atoms with Crippen molar-refractivity contribution in [3.05, 3.63) is 71.8 Å². The summed E-state index contributed by atoms with van der Waals surface area (Å²) in [6.45, 7) is 0.492. The maximum absolute atomic E-state index is 11.9. The Kier molecular flexibility index (Phi) is 4.66. The van der Waals surface area contributed by atoms with Crippen LogP contribution in [-0.2, 0) is 11.3 Å². The quantitative estimate of drug-likeness (QED) is 0.660. The van der Waals surface area contributed by atoms with Crippen LogP contribution < -0.4 is 9.47 Å². The van der Waals surface area contributed by atoms with Crippen molar-refractivity contribution in [3.63, 3.8) is 0 Å². The molecule has 0 heterocycles. The minimum Gasteiger partial charge on any atom is -0.496 e. The summed E-state index contributed by atoms with van der Waals surface area (Å²) in [5.74, 6) is 0.809. The lowest BCUT2D eigenvalue weighted by Crippen LogP contribution is -2.04. The number of carbonyl (C=O) groups is 1. The first kappa shape index (κ1) is 15.9. The second kappa shape index (κ2) is 7.04. The number of methoxy groups -OCH3 is 2. The highest BCUT2D eigenvalue weighted by Gasteiger charge is 2.14. The zero-order chi connectivity index (χ0) is 16.9. The third kappa shape index (κ3) is 3.33. The Labute approximate surface area is 140 Å². The van der Waals surface area contributed by atoms with Crippen LogP contribution >= 0.6 is 0 Å². The van der Waals surface area contributed by atoms with Crippen molar-refractivity contribution in [1.29, 1.82) is 0 Å². The van der Waals surface area contributed by atoms with E-state index in [0.717, 1.165) is 22.1 Å². The van der Waals surface area contributed by atoms with E-state index in [1.54, 1.807) is 6.07 Å². The fourth-order valence-electron chi connectivity index (χ4n) is 2.52. The van der Waals surface area contributed by atoms with Crippen LogP contribution in [0.15, 0.2) is 60.7 Å². The second-order valence-corrected chi connectivity index (χ2v) is 5.33. The van der Waals surface area contributed by atoms with E-state index < -0.39 is 5.97 Å². The molecule has 0 aliphatic carbocycles. The minimum atomic E-state index is -0.427. The van der Waals surface area contributed by atoms with Gasteiger partial charge in [0.2, 0.25) is 0 Å². The predicted molar refractivity (Wildman–Crippen MR) is 92.6 cm³/mol. The molecule has 0 saturated heterocycles. The van der Waals surface area contributed by atoms with Gasteiger partial charge >= 0.3 is 5.97 Å². The van der Waals surface area contributed by atoms with Gasteiger partial charge in [-0.2, -0.15) is 0 Å². The number of esters is 1. The minimum absolute atomic E-state index is 0.396. The van der Waals surface area contributed by atoms with Gasteiger partial charge in [-0.05, 0) is 40.6 Å². The van der Waals surface area contributed by atoms with Gasteiger partial charge in [-0.3, -0.25) is 0 Å². The molecule has 0 N–H and O–H groups in total. The Morgan fingerprint density at radius 1 is 0.917 bits per heavy atom. The van der Waals surface area contributed by atoms with Crippen molar-refractivity contribution in [3.8, 4) is 11.5 Å². The Bertz CT molecular complexity index is 856. The number of carbonyl (C=O) groups excluding carboxylic acids is 1. The summed E-state index contributed by atoms with van der Waals surface area (Å²) in [6, 6.07) is 19.3. The smallest absolute Gasteiger partial charge is 0.341 e. The summed E-state index contributed by atoms with van der Waals surface area (Å²) in [5.41, 5.74) is 1.50. The number of hydrogen-bond donors (Lipinski definition) is 0. The van der Waals surface area contributed by atoms with Gasteiger partial charge in [0, 0.05) is 0 Å². The zero-order valence-electron chi connectivity index (χ0n) is 13.6. The van der Waals surface area contributed by atoms with Crippen LogP contribution in [0, 0.1) is 0 Å². The molecule has 0 unspecified atom stereocenters. The molecule has 0 aliphatic heterocycles. The molecule has 0 atom stereocenters. The Morgan fingerprint density at radius 2 is 1.71 bits per heavy atom. The lowest BCUT2D eigenvalue weighted by molar-refractivity contribution is 0.0597. The van der Waals surface area contributed by atoms with E-state index in [1.165, 1.54) is 14.2 Å². The van der Waals surface area contributed by atoms with Crippen molar-refractivity contribution in [2.75, 3.05) is 14.2 Å². The third-order valence-corrected chi connectivity index (χ3v) is 3.78. The summed E-state index contributed by atoms with van der Waals surface area (Å²) in [4.78, 5) is 11.9. The maximum Gasteiger partial charge on any atom is 0.341 e. The first-order valence-electron chi connectivity index (χ1n) is 7.58. The van der Waals surface area contributed by atoms with Gasteiger partial charge in [0.15, 0.2) is 0 Å². The lowest BCUT2D eigenvalue weighted by atomic mass is 10.1. The molecule has 0 fully saturated rings. The van der Waals surface area contributed by atoms with E-state index in [1.807, 2.05) is 54.6 Å². The van der Waals surface area contributed by atoms with E-state index in [2.05, 4.69) is 0 Å². The van der Waals surface area contributed by atoms with Gasteiger partial charge in [0.25, 0.3) is 0 Å². The van der Waals surface area contributed by atoms with Crippen LogP contribution in [0.2, 0.25) is 0 Å². The van der Waals surface area contributed by atoms with Gasteiger partial charge < -0.3 is 14.2 Å². The van der Waals surface area contributed by atoms with Gasteiger partial charge in [0.05, 0.1) is 14.2 Å². The Morgan fingerprint density at radius 3 is 2.42 bits per heavy atom. The van der Waals surface area contributed by atoms with E-state index in [4.69, 9.17) is 14.2 Å².